The summed E-state index contributed by atoms with van der Waals surface area (Å²) in [5.41, 5.74) is 3.59. The summed E-state index contributed by atoms with van der Waals surface area (Å²) in [5, 5.41) is 9.93. The minimum absolute atomic E-state index is 0.340. The van der Waals surface area contributed by atoms with Gasteiger partial charge >= 0.3 is 6.03 Å². The first-order valence-corrected chi connectivity index (χ1v) is 8.53. The second kappa shape index (κ2) is 8.29. The maximum atomic E-state index is 13.1. The first-order valence-electron chi connectivity index (χ1n) is 8.53. The predicted molar refractivity (Wildman–Crippen MR) is 100 cm³/mol. The van der Waals surface area contributed by atoms with Crippen LogP contribution in [-0.4, -0.2) is 22.4 Å². The van der Waals surface area contributed by atoms with Gasteiger partial charge in [0, 0.05) is 18.4 Å². The monoisotopic (exact) mass is 352 g/mol. The molecule has 26 heavy (non-hydrogen) atoms. The van der Waals surface area contributed by atoms with E-state index in [-0.39, 0.29) is 11.8 Å². The van der Waals surface area contributed by atoms with Crippen molar-refractivity contribution in [1.82, 2.24) is 15.1 Å². The van der Waals surface area contributed by atoms with Crippen LogP contribution in [0.4, 0.5) is 14.9 Å². The van der Waals surface area contributed by atoms with Gasteiger partial charge < -0.3 is 10.6 Å². The van der Waals surface area contributed by atoms with Gasteiger partial charge in [-0.25, -0.2) is 13.9 Å². The second-order valence-corrected chi connectivity index (χ2v) is 6.01. The molecule has 0 fully saturated rings. The fraction of sp³-hybridized carbons (Fsp3) is 0.200. The molecule has 134 valence electrons. The smallest absolute Gasteiger partial charge is 0.319 e. The summed E-state index contributed by atoms with van der Waals surface area (Å²) < 4.78 is 15.0. The summed E-state index contributed by atoms with van der Waals surface area (Å²) in [7, 11) is 0. The van der Waals surface area contributed by atoms with E-state index in [1.54, 1.807) is 12.1 Å². The highest BCUT2D eigenvalue weighted by atomic mass is 19.1. The molecule has 0 aliphatic carbocycles. The molecular weight excluding hydrogens is 331 g/mol. The van der Waals surface area contributed by atoms with Crippen molar-refractivity contribution in [2.75, 3.05) is 11.9 Å². The Bertz CT molecular complexity index is 877. The molecule has 2 aromatic carbocycles. The summed E-state index contributed by atoms with van der Waals surface area (Å²) >= 11 is 0. The zero-order chi connectivity index (χ0) is 18.4. The molecule has 0 saturated carbocycles. The molecule has 0 saturated heterocycles. The molecule has 0 unspecified atom stereocenters. The largest absolute Gasteiger partial charge is 0.338 e. The van der Waals surface area contributed by atoms with E-state index < -0.39 is 0 Å². The summed E-state index contributed by atoms with van der Waals surface area (Å²) in [5.74, 6) is -0.381. The highest BCUT2D eigenvalue weighted by molar-refractivity contribution is 5.89. The molecular formula is C20H21FN4O. The lowest BCUT2D eigenvalue weighted by Gasteiger charge is -2.07. The van der Waals surface area contributed by atoms with Crippen molar-refractivity contribution in [2.24, 2.45) is 0 Å². The maximum Gasteiger partial charge on any atom is 0.319 e. The van der Waals surface area contributed by atoms with Crippen LogP contribution < -0.4 is 10.6 Å². The zero-order valence-corrected chi connectivity index (χ0v) is 14.6. The fourth-order valence-electron chi connectivity index (χ4n) is 2.68. The number of nitrogens with zero attached hydrogens (tertiary/aromatic N) is 2. The number of hydrogen-bond acceptors (Lipinski definition) is 2. The Morgan fingerprint density at radius 3 is 2.73 bits per heavy atom. The van der Waals surface area contributed by atoms with Crippen molar-refractivity contribution in [1.29, 1.82) is 0 Å². The lowest BCUT2D eigenvalue weighted by Crippen LogP contribution is -2.29. The van der Waals surface area contributed by atoms with Gasteiger partial charge in [-0.2, -0.15) is 5.10 Å². The third-order valence-corrected chi connectivity index (χ3v) is 4.01. The molecule has 5 nitrogen and oxygen atoms in total. The second-order valence-electron chi connectivity index (χ2n) is 6.01. The topological polar surface area (TPSA) is 59.0 Å². The maximum absolute atomic E-state index is 13.1. The SMILES string of the molecule is Cc1nn(-c2ccccc2)cc1CCCNC(=O)Nc1cccc(F)c1. The van der Waals surface area contributed by atoms with Crippen LogP contribution in [0.25, 0.3) is 5.69 Å². The average Bonchev–Trinajstić information content (AvgIpc) is 3.00. The minimum atomic E-state index is -0.381. The third-order valence-electron chi connectivity index (χ3n) is 4.01. The summed E-state index contributed by atoms with van der Waals surface area (Å²) in [6, 6.07) is 15.4. The number of hydrogen-bond donors (Lipinski definition) is 2. The number of para-hydroxylation sites is 1. The number of urea groups is 1. The standard InChI is InChI=1S/C20H21FN4O/c1-15-16(14-25(24-15)19-10-3-2-4-11-19)7-6-12-22-20(26)23-18-9-5-8-17(21)13-18/h2-5,8-11,13-14H,6-7,12H2,1H3,(H2,22,23,26). The van der Waals surface area contributed by atoms with E-state index in [0.717, 1.165) is 29.8 Å². The predicted octanol–water partition coefficient (Wildman–Crippen LogP) is 4.07. The quantitative estimate of drug-likeness (QED) is 0.657. The van der Waals surface area contributed by atoms with Crippen LogP contribution in [-0.2, 0) is 6.42 Å². The van der Waals surface area contributed by atoms with E-state index in [4.69, 9.17) is 0 Å². The van der Waals surface area contributed by atoms with Crippen LogP contribution in [0.5, 0.6) is 0 Å². The van der Waals surface area contributed by atoms with Crippen LogP contribution in [0.1, 0.15) is 17.7 Å². The van der Waals surface area contributed by atoms with Crippen molar-refractivity contribution in [2.45, 2.75) is 19.8 Å². The fourth-order valence-corrected chi connectivity index (χ4v) is 2.68. The molecule has 3 aromatic rings. The van der Waals surface area contributed by atoms with E-state index in [1.807, 2.05) is 48.1 Å². The summed E-state index contributed by atoms with van der Waals surface area (Å²) in [6.45, 7) is 2.51. The van der Waals surface area contributed by atoms with Crippen molar-refractivity contribution in [3.63, 3.8) is 0 Å². The average molecular weight is 352 g/mol. The van der Waals surface area contributed by atoms with Crippen LogP contribution in [0.3, 0.4) is 0 Å². The van der Waals surface area contributed by atoms with E-state index in [9.17, 15) is 9.18 Å². The lowest BCUT2D eigenvalue weighted by atomic mass is 10.1. The van der Waals surface area contributed by atoms with Crippen molar-refractivity contribution in [3.05, 3.63) is 77.9 Å². The van der Waals surface area contributed by atoms with Crippen LogP contribution in [0.2, 0.25) is 0 Å². The van der Waals surface area contributed by atoms with Gasteiger partial charge in [-0.05, 0) is 55.7 Å². The van der Waals surface area contributed by atoms with Gasteiger partial charge in [0.1, 0.15) is 5.82 Å². The summed E-state index contributed by atoms with van der Waals surface area (Å²) in [4.78, 5) is 11.8. The molecule has 0 aliphatic heterocycles. The first-order chi connectivity index (χ1) is 12.6. The number of aryl methyl sites for hydroxylation is 2. The number of rotatable bonds is 6. The van der Waals surface area contributed by atoms with E-state index in [0.29, 0.717) is 12.2 Å². The number of carbonyl (C=O) groups excluding carboxylic acids is 1. The Morgan fingerprint density at radius 1 is 1.15 bits per heavy atom. The van der Waals surface area contributed by atoms with Crippen molar-refractivity contribution < 1.29 is 9.18 Å². The number of nitrogens with one attached hydrogen (secondary N) is 2. The van der Waals surface area contributed by atoms with Gasteiger partial charge in [0.15, 0.2) is 0 Å². The molecule has 0 bridgehead atoms. The van der Waals surface area contributed by atoms with Gasteiger partial charge in [0.2, 0.25) is 0 Å². The van der Waals surface area contributed by atoms with Gasteiger partial charge in [-0.1, -0.05) is 24.3 Å². The van der Waals surface area contributed by atoms with Gasteiger partial charge in [0.25, 0.3) is 0 Å². The zero-order valence-electron chi connectivity index (χ0n) is 14.6. The van der Waals surface area contributed by atoms with Gasteiger partial charge in [-0.3, -0.25) is 0 Å². The molecule has 6 heteroatoms. The Balaban J connectivity index is 1.46. The Labute approximate surface area is 151 Å². The number of halogens is 1. The highest BCUT2D eigenvalue weighted by Gasteiger charge is 2.07. The molecule has 0 aliphatic rings. The molecule has 0 atom stereocenters. The third kappa shape index (κ3) is 4.69. The van der Waals surface area contributed by atoms with E-state index >= 15 is 0 Å². The van der Waals surface area contributed by atoms with Gasteiger partial charge in [-0.15, -0.1) is 0 Å². The molecule has 1 aromatic heterocycles. The van der Waals surface area contributed by atoms with Crippen LogP contribution in [0, 0.1) is 12.7 Å². The molecule has 2 amide bonds. The normalized spacial score (nSPS) is 10.5. The highest BCUT2D eigenvalue weighted by Crippen LogP contribution is 2.13. The number of aromatic nitrogens is 2. The Kier molecular flexibility index (Phi) is 5.63. The Hall–Kier alpha value is -3.15. The van der Waals surface area contributed by atoms with Gasteiger partial charge in [0.05, 0.1) is 11.4 Å². The molecule has 0 spiro atoms. The van der Waals surface area contributed by atoms with Crippen LogP contribution in [0.15, 0.2) is 60.8 Å². The lowest BCUT2D eigenvalue weighted by molar-refractivity contribution is 0.252. The number of anilines is 1. The number of benzene rings is 2. The molecule has 0 radical (unpaired) electrons. The number of amides is 2. The number of carbonyl (C=O) groups is 1. The minimum Gasteiger partial charge on any atom is -0.338 e. The van der Waals surface area contributed by atoms with Crippen molar-refractivity contribution >= 4 is 11.7 Å². The molecule has 2 N–H and O–H groups in total. The van der Waals surface area contributed by atoms with Crippen molar-refractivity contribution in [3.8, 4) is 5.69 Å². The molecule has 3 rings (SSSR count). The van der Waals surface area contributed by atoms with Crippen LogP contribution >= 0.6 is 0 Å². The van der Waals surface area contributed by atoms with E-state index in [2.05, 4.69) is 15.7 Å². The molecule has 1 heterocycles. The van der Waals surface area contributed by atoms with E-state index in [1.165, 1.54) is 12.1 Å². The summed E-state index contributed by atoms with van der Waals surface area (Å²) in [6.07, 6.45) is 3.63. The Morgan fingerprint density at radius 2 is 1.96 bits per heavy atom. The first kappa shape index (κ1) is 17.7.